The molecule has 14 heavy (non-hydrogen) atoms. The fraction of sp³-hybridized carbons (Fsp3) is 0.857. The third kappa shape index (κ3) is 3.47. The summed E-state index contributed by atoms with van der Waals surface area (Å²) in [6.07, 6.45) is -2.36. The van der Waals surface area contributed by atoms with Crippen LogP contribution in [0.2, 0.25) is 0 Å². The molecule has 0 aliphatic heterocycles. The van der Waals surface area contributed by atoms with Crippen molar-refractivity contribution in [1.29, 1.82) is 0 Å². The van der Waals surface area contributed by atoms with Gasteiger partial charge in [-0.15, -0.1) is 17.0 Å². The molecule has 0 radical (unpaired) electrons. The molecule has 0 saturated carbocycles. The third-order valence-electron chi connectivity index (χ3n) is 1.79. The first-order chi connectivity index (χ1) is 5.71. The van der Waals surface area contributed by atoms with Crippen molar-refractivity contribution >= 4 is 23.0 Å². The fourth-order valence-corrected chi connectivity index (χ4v) is 0.733. The number of carboxylic acids is 1. The van der Waals surface area contributed by atoms with Crippen LogP contribution in [0.15, 0.2) is 0 Å². The van der Waals surface area contributed by atoms with Gasteiger partial charge in [-0.25, -0.2) is 4.79 Å². The van der Waals surface area contributed by atoms with Gasteiger partial charge < -0.3 is 15.9 Å². The van der Waals surface area contributed by atoms with Crippen molar-refractivity contribution in [1.82, 2.24) is 0 Å². The van der Waals surface area contributed by atoms with Gasteiger partial charge in [0.1, 0.15) is 6.10 Å². The van der Waals surface area contributed by atoms with E-state index < -0.39 is 30.0 Å². The molecule has 1 unspecified atom stereocenters. The van der Waals surface area contributed by atoms with E-state index in [1.54, 1.807) is 0 Å². The maximum absolute atomic E-state index is 12.6. The van der Waals surface area contributed by atoms with Gasteiger partial charge in [0.25, 0.3) is 0 Å². The minimum atomic E-state index is -4.19. The highest BCUT2D eigenvalue weighted by molar-refractivity contribution is 8.93. The number of hydrogen-bond donors (Lipinski definition) is 3. The second-order valence-corrected chi connectivity index (χ2v) is 3.19. The lowest BCUT2D eigenvalue weighted by molar-refractivity contribution is -0.185. The molecule has 7 heteroatoms. The van der Waals surface area contributed by atoms with Gasteiger partial charge in [-0.2, -0.15) is 8.78 Å². The summed E-state index contributed by atoms with van der Waals surface area (Å²) in [5, 5.41) is 17.0. The molecule has 4 nitrogen and oxygen atoms in total. The highest BCUT2D eigenvalue weighted by atomic mass is 79.9. The van der Waals surface area contributed by atoms with Crippen LogP contribution in [0.25, 0.3) is 0 Å². The van der Waals surface area contributed by atoms with Crippen LogP contribution in [0.4, 0.5) is 8.78 Å². The largest absolute Gasteiger partial charge is 0.477 e. The number of aliphatic hydroxyl groups is 1. The van der Waals surface area contributed by atoms with Gasteiger partial charge >= 0.3 is 11.9 Å². The van der Waals surface area contributed by atoms with E-state index >= 15 is 0 Å². The number of aliphatic carboxylic acids is 1. The highest BCUT2D eigenvalue weighted by Gasteiger charge is 2.50. The number of hydrogen-bond acceptors (Lipinski definition) is 3. The molecule has 0 spiro atoms. The summed E-state index contributed by atoms with van der Waals surface area (Å²) in [6, 6.07) is -1.26. The quantitative estimate of drug-likeness (QED) is 0.704. The first kappa shape index (κ1) is 16.2. The van der Waals surface area contributed by atoms with Crippen molar-refractivity contribution in [3.63, 3.8) is 0 Å². The predicted molar refractivity (Wildman–Crippen MR) is 51.7 cm³/mol. The van der Waals surface area contributed by atoms with Gasteiger partial charge in [-0.05, 0) is 5.92 Å². The average molecular weight is 278 g/mol. The second kappa shape index (κ2) is 5.57. The van der Waals surface area contributed by atoms with Gasteiger partial charge in [-0.1, -0.05) is 13.8 Å². The number of alkyl halides is 2. The van der Waals surface area contributed by atoms with E-state index in [1.165, 1.54) is 13.8 Å². The Morgan fingerprint density at radius 2 is 1.79 bits per heavy atom. The lowest BCUT2D eigenvalue weighted by Gasteiger charge is -2.26. The molecule has 4 N–H and O–H groups in total. The summed E-state index contributed by atoms with van der Waals surface area (Å²) < 4.78 is 25.2. The maximum atomic E-state index is 12.6. The zero-order valence-electron chi connectivity index (χ0n) is 7.78. The lowest BCUT2D eigenvalue weighted by Crippen LogP contribution is -2.53. The van der Waals surface area contributed by atoms with Crippen LogP contribution < -0.4 is 5.73 Å². The van der Waals surface area contributed by atoms with Crippen molar-refractivity contribution < 1.29 is 23.8 Å². The van der Waals surface area contributed by atoms with Crippen LogP contribution >= 0.6 is 17.0 Å². The molecule has 0 aliphatic carbocycles. The Morgan fingerprint density at radius 3 is 2.00 bits per heavy atom. The molecule has 0 fully saturated rings. The van der Waals surface area contributed by atoms with E-state index in [1.807, 2.05) is 0 Å². The Balaban J connectivity index is 0. The summed E-state index contributed by atoms with van der Waals surface area (Å²) in [5.41, 5.74) is 5.19. The van der Waals surface area contributed by atoms with Gasteiger partial charge in [-0.3, -0.25) is 0 Å². The van der Waals surface area contributed by atoms with Crippen LogP contribution in [0.5, 0.6) is 0 Å². The van der Waals surface area contributed by atoms with Crippen molar-refractivity contribution in [2.45, 2.75) is 31.9 Å². The second-order valence-electron chi connectivity index (χ2n) is 3.19. The van der Waals surface area contributed by atoms with E-state index in [0.717, 1.165) is 0 Å². The highest BCUT2D eigenvalue weighted by Crippen LogP contribution is 2.23. The molecule has 0 heterocycles. The van der Waals surface area contributed by atoms with Crippen LogP contribution in [-0.4, -0.2) is 34.3 Å². The molecule has 2 atom stereocenters. The molecule has 0 saturated heterocycles. The smallest absolute Gasteiger partial charge is 0.377 e. The van der Waals surface area contributed by atoms with Crippen LogP contribution in [0.3, 0.4) is 0 Å². The van der Waals surface area contributed by atoms with Gasteiger partial charge in [0.05, 0.1) is 0 Å². The van der Waals surface area contributed by atoms with E-state index in [0.29, 0.717) is 0 Å². The maximum Gasteiger partial charge on any atom is 0.377 e. The van der Waals surface area contributed by atoms with Crippen molar-refractivity contribution in [3.8, 4) is 0 Å². The van der Waals surface area contributed by atoms with Crippen LogP contribution in [-0.2, 0) is 4.79 Å². The Hall–Kier alpha value is -0.270. The summed E-state index contributed by atoms with van der Waals surface area (Å²) in [6.45, 7) is 3.04. The molecular formula is C7H14BrF2NO3. The zero-order chi connectivity index (χ0) is 10.8. The predicted octanol–water partition coefficient (Wildman–Crippen LogP) is 0.628. The van der Waals surface area contributed by atoms with Crippen LogP contribution in [0, 0.1) is 5.92 Å². The standard InChI is InChI=1S/C7H13F2NO3.BrH/c1-3(2)4(10)5(11)7(8,9)6(12)13;/h3-5,11H,10H2,1-2H3,(H,12,13);1H/t4-,5?;/m0./s1. The SMILES string of the molecule is Br.CC(C)[C@H](N)C(O)C(F)(F)C(=O)O. The molecule has 0 rings (SSSR count). The molecule has 0 bridgehead atoms. The zero-order valence-corrected chi connectivity index (χ0v) is 9.49. The summed E-state index contributed by atoms with van der Waals surface area (Å²) >= 11 is 0. The molecule has 0 amide bonds. The van der Waals surface area contributed by atoms with Gasteiger partial charge in [0.2, 0.25) is 0 Å². The Bertz CT molecular complexity index is 201. The number of carbonyl (C=O) groups is 1. The molecule has 0 aromatic rings. The number of rotatable bonds is 4. The van der Waals surface area contributed by atoms with Crippen molar-refractivity contribution in [3.05, 3.63) is 0 Å². The van der Waals surface area contributed by atoms with E-state index in [2.05, 4.69) is 0 Å². The number of aliphatic hydroxyl groups excluding tert-OH is 1. The van der Waals surface area contributed by atoms with E-state index in [4.69, 9.17) is 15.9 Å². The Kier molecular flexibility index (Phi) is 6.44. The van der Waals surface area contributed by atoms with Crippen molar-refractivity contribution in [2.24, 2.45) is 11.7 Å². The lowest BCUT2D eigenvalue weighted by atomic mass is 9.95. The topological polar surface area (TPSA) is 83.5 Å². The normalized spacial score (nSPS) is 15.9. The number of halogens is 3. The third-order valence-corrected chi connectivity index (χ3v) is 1.79. The van der Waals surface area contributed by atoms with E-state index in [-0.39, 0.29) is 17.0 Å². The Morgan fingerprint density at radius 1 is 1.43 bits per heavy atom. The number of nitrogens with two attached hydrogens (primary N) is 1. The number of carboxylic acid groups (broad SMARTS) is 1. The van der Waals surface area contributed by atoms with E-state index in [9.17, 15) is 13.6 Å². The molecule has 0 aromatic heterocycles. The van der Waals surface area contributed by atoms with Crippen LogP contribution in [0.1, 0.15) is 13.8 Å². The minimum absolute atomic E-state index is 0. The fourth-order valence-electron chi connectivity index (χ4n) is 0.733. The first-order valence-electron chi connectivity index (χ1n) is 3.76. The monoisotopic (exact) mass is 277 g/mol. The van der Waals surface area contributed by atoms with Gasteiger partial charge in [0.15, 0.2) is 0 Å². The minimum Gasteiger partial charge on any atom is -0.477 e. The average Bonchev–Trinajstić information content (AvgIpc) is 2.01. The summed E-state index contributed by atoms with van der Waals surface area (Å²) in [4.78, 5) is 10.0. The molecular weight excluding hydrogens is 264 g/mol. The first-order valence-corrected chi connectivity index (χ1v) is 3.76. The van der Waals surface area contributed by atoms with Gasteiger partial charge in [0, 0.05) is 6.04 Å². The van der Waals surface area contributed by atoms with Crippen molar-refractivity contribution in [2.75, 3.05) is 0 Å². The Labute approximate surface area is 90.9 Å². The summed E-state index contributed by atoms with van der Waals surface area (Å²) in [5.74, 6) is -6.97. The molecule has 86 valence electrons. The summed E-state index contributed by atoms with van der Waals surface area (Å²) in [7, 11) is 0. The molecule has 0 aliphatic rings. The molecule has 0 aromatic carbocycles.